The molecular formula is C18H15N3O2. The zero-order chi connectivity index (χ0) is 15.8. The van der Waals surface area contributed by atoms with Crippen LogP contribution in [0, 0.1) is 0 Å². The van der Waals surface area contributed by atoms with E-state index in [4.69, 9.17) is 9.73 Å². The van der Waals surface area contributed by atoms with Crippen LogP contribution in [-0.4, -0.2) is 27.8 Å². The first-order valence-electron chi connectivity index (χ1n) is 7.56. The van der Waals surface area contributed by atoms with E-state index in [0.29, 0.717) is 12.3 Å². The fraction of sp³-hybridized carbons (Fsp3) is 0.167. The summed E-state index contributed by atoms with van der Waals surface area (Å²) in [6.07, 6.45) is 1.96. The number of pyridine rings is 1. The topological polar surface area (TPSA) is 56.5 Å². The highest BCUT2D eigenvalue weighted by Crippen LogP contribution is 2.36. The SMILES string of the molecule is CCOC(=O)c1cc2c3n(ccc-2n1)CC(c1ccccc1)=N3. The Labute approximate surface area is 133 Å². The second-order valence-corrected chi connectivity index (χ2v) is 5.35. The smallest absolute Gasteiger partial charge is 0.356 e. The van der Waals surface area contributed by atoms with Gasteiger partial charge in [0.05, 0.1) is 24.6 Å². The lowest BCUT2D eigenvalue weighted by Gasteiger charge is -2.06. The minimum absolute atomic E-state index is 0.333. The molecule has 0 atom stereocenters. The largest absolute Gasteiger partial charge is 0.461 e. The molecular weight excluding hydrogens is 290 g/mol. The van der Waals surface area contributed by atoms with Gasteiger partial charge in [-0.05, 0) is 24.6 Å². The maximum atomic E-state index is 11.9. The Morgan fingerprint density at radius 1 is 1.26 bits per heavy atom. The van der Waals surface area contributed by atoms with Crippen LogP contribution in [0.25, 0.3) is 11.3 Å². The maximum Gasteiger partial charge on any atom is 0.356 e. The van der Waals surface area contributed by atoms with E-state index in [1.165, 1.54) is 0 Å². The van der Waals surface area contributed by atoms with E-state index >= 15 is 0 Å². The normalized spacial score (nSPS) is 13.0. The summed E-state index contributed by atoms with van der Waals surface area (Å²) in [5, 5.41) is 0. The van der Waals surface area contributed by atoms with E-state index in [1.54, 1.807) is 13.0 Å². The van der Waals surface area contributed by atoms with Crippen molar-refractivity contribution in [3.05, 3.63) is 59.9 Å². The van der Waals surface area contributed by atoms with Crippen LogP contribution in [0.15, 0.2) is 53.7 Å². The number of carbonyl (C=O) groups excluding carboxylic acids is 1. The lowest BCUT2D eigenvalue weighted by Crippen LogP contribution is -2.05. The van der Waals surface area contributed by atoms with Gasteiger partial charge in [-0.2, -0.15) is 0 Å². The molecule has 0 amide bonds. The molecule has 114 valence electrons. The summed E-state index contributed by atoms with van der Waals surface area (Å²) < 4.78 is 7.09. The summed E-state index contributed by atoms with van der Waals surface area (Å²) in [6.45, 7) is 2.84. The van der Waals surface area contributed by atoms with E-state index in [1.807, 2.05) is 30.5 Å². The average molecular weight is 305 g/mol. The number of hydrogen-bond acceptors (Lipinski definition) is 4. The third-order valence-corrected chi connectivity index (χ3v) is 3.88. The van der Waals surface area contributed by atoms with Gasteiger partial charge in [0, 0.05) is 11.8 Å². The minimum atomic E-state index is -0.396. The van der Waals surface area contributed by atoms with Gasteiger partial charge in [0.15, 0.2) is 0 Å². The van der Waals surface area contributed by atoms with Gasteiger partial charge in [-0.1, -0.05) is 30.3 Å². The summed E-state index contributed by atoms with van der Waals surface area (Å²) in [6, 6.07) is 13.8. The van der Waals surface area contributed by atoms with Crippen LogP contribution in [0.5, 0.6) is 0 Å². The Balaban J connectivity index is 1.77. The van der Waals surface area contributed by atoms with E-state index in [2.05, 4.69) is 21.7 Å². The monoisotopic (exact) mass is 305 g/mol. The molecule has 0 fully saturated rings. The summed E-state index contributed by atoms with van der Waals surface area (Å²) >= 11 is 0. The number of hydrogen-bond donors (Lipinski definition) is 0. The highest BCUT2D eigenvalue weighted by atomic mass is 16.5. The molecule has 3 aliphatic heterocycles. The first kappa shape index (κ1) is 13.7. The zero-order valence-electron chi connectivity index (χ0n) is 12.7. The van der Waals surface area contributed by atoms with Gasteiger partial charge >= 0.3 is 5.97 Å². The van der Waals surface area contributed by atoms with E-state index in [9.17, 15) is 4.79 Å². The van der Waals surface area contributed by atoms with Crippen LogP contribution in [0.2, 0.25) is 0 Å². The van der Waals surface area contributed by atoms with Crippen molar-refractivity contribution >= 4 is 17.5 Å². The molecule has 1 aromatic carbocycles. The highest BCUT2D eigenvalue weighted by Gasteiger charge is 2.24. The first-order valence-corrected chi connectivity index (χ1v) is 7.56. The molecule has 0 aliphatic carbocycles. The fourth-order valence-electron chi connectivity index (χ4n) is 2.80. The van der Waals surface area contributed by atoms with E-state index < -0.39 is 5.97 Å². The van der Waals surface area contributed by atoms with Gasteiger partial charge in [-0.15, -0.1) is 0 Å². The second kappa shape index (κ2) is 5.35. The molecule has 3 heterocycles. The number of fused-ring (bicyclic) bond motifs is 3. The van der Waals surface area contributed by atoms with Gasteiger partial charge in [0.2, 0.25) is 0 Å². The van der Waals surface area contributed by atoms with Crippen molar-refractivity contribution in [1.82, 2.24) is 9.55 Å². The van der Waals surface area contributed by atoms with Gasteiger partial charge in [-0.25, -0.2) is 14.8 Å². The maximum absolute atomic E-state index is 11.9. The van der Waals surface area contributed by atoms with Gasteiger partial charge in [0.1, 0.15) is 11.5 Å². The summed E-state index contributed by atoms with van der Waals surface area (Å²) in [4.78, 5) is 21.0. The van der Waals surface area contributed by atoms with Crippen LogP contribution in [0.1, 0.15) is 23.0 Å². The number of carbonyl (C=O) groups is 1. The van der Waals surface area contributed by atoms with Crippen molar-refractivity contribution in [3.63, 3.8) is 0 Å². The van der Waals surface area contributed by atoms with Crippen molar-refractivity contribution in [1.29, 1.82) is 0 Å². The lowest BCUT2D eigenvalue weighted by molar-refractivity contribution is 0.0520. The van der Waals surface area contributed by atoms with Crippen molar-refractivity contribution in [2.75, 3.05) is 6.61 Å². The molecule has 23 heavy (non-hydrogen) atoms. The lowest BCUT2D eigenvalue weighted by atomic mass is 10.1. The Kier molecular flexibility index (Phi) is 3.19. The number of aromatic nitrogens is 2. The van der Waals surface area contributed by atoms with Crippen molar-refractivity contribution in [2.45, 2.75) is 13.5 Å². The molecule has 0 spiro atoms. The highest BCUT2D eigenvalue weighted by molar-refractivity contribution is 6.05. The standard InChI is InChI=1S/C18H15N3O2/c1-2-23-18(22)15-10-13-14(19-15)8-9-21-11-16(20-17(13)21)12-6-4-3-5-7-12/h3-10H,2,11H2,1H3. The Bertz CT molecular complexity index is 881. The van der Waals surface area contributed by atoms with E-state index in [0.717, 1.165) is 34.9 Å². The molecule has 4 rings (SSSR count). The van der Waals surface area contributed by atoms with Crippen molar-refractivity contribution in [2.24, 2.45) is 4.99 Å². The fourth-order valence-corrected chi connectivity index (χ4v) is 2.80. The average Bonchev–Trinajstić information content (AvgIpc) is 3.19. The first-order chi connectivity index (χ1) is 11.3. The summed E-state index contributed by atoms with van der Waals surface area (Å²) in [7, 11) is 0. The molecule has 1 aromatic rings. The summed E-state index contributed by atoms with van der Waals surface area (Å²) in [5.41, 5.74) is 4.09. The molecule has 5 heteroatoms. The Morgan fingerprint density at radius 2 is 2.09 bits per heavy atom. The van der Waals surface area contributed by atoms with Crippen molar-refractivity contribution < 1.29 is 9.53 Å². The molecule has 0 aromatic heterocycles. The predicted octanol–water partition coefficient (Wildman–Crippen LogP) is 3.30. The summed E-state index contributed by atoms with van der Waals surface area (Å²) in [5.74, 6) is 0.442. The third kappa shape index (κ3) is 2.30. The quantitative estimate of drug-likeness (QED) is 0.698. The van der Waals surface area contributed by atoms with Crippen LogP contribution in [0.4, 0.5) is 5.82 Å². The number of rotatable bonds is 3. The van der Waals surface area contributed by atoms with Crippen LogP contribution >= 0.6 is 0 Å². The minimum Gasteiger partial charge on any atom is -0.461 e. The van der Waals surface area contributed by atoms with Gasteiger partial charge in [0.25, 0.3) is 0 Å². The number of nitrogens with zero attached hydrogens (tertiary/aromatic N) is 3. The number of aliphatic imine (C=N–C) groups is 1. The predicted molar refractivity (Wildman–Crippen MR) is 87.4 cm³/mol. The number of ether oxygens (including phenoxy) is 1. The van der Waals surface area contributed by atoms with Crippen LogP contribution in [0.3, 0.4) is 0 Å². The molecule has 5 nitrogen and oxygen atoms in total. The number of benzene rings is 1. The molecule has 0 N–H and O–H groups in total. The third-order valence-electron chi connectivity index (χ3n) is 3.88. The molecule has 0 unspecified atom stereocenters. The van der Waals surface area contributed by atoms with Crippen LogP contribution < -0.4 is 0 Å². The molecule has 3 aliphatic rings. The van der Waals surface area contributed by atoms with Crippen LogP contribution in [-0.2, 0) is 11.3 Å². The van der Waals surface area contributed by atoms with E-state index in [-0.39, 0.29) is 0 Å². The van der Waals surface area contributed by atoms with Crippen molar-refractivity contribution in [3.8, 4) is 11.3 Å². The molecule has 0 radical (unpaired) electrons. The Morgan fingerprint density at radius 3 is 2.87 bits per heavy atom. The second-order valence-electron chi connectivity index (χ2n) is 5.35. The molecule has 0 saturated carbocycles. The molecule has 0 bridgehead atoms. The van der Waals surface area contributed by atoms with Gasteiger partial charge in [-0.3, -0.25) is 0 Å². The van der Waals surface area contributed by atoms with Gasteiger partial charge < -0.3 is 9.30 Å². The zero-order valence-corrected chi connectivity index (χ0v) is 12.7. The Hall–Kier alpha value is -2.95. The number of esters is 1. The molecule has 0 saturated heterocycles.